The molecule has 0 spiro atoms. The largest absolute Gasteiger partial charge is 0.515 e. The van der Waals surface area contributed by atoms with Gasteiger partial charge in [0.05, 0.1) is 17.2 Å². The van der Waals surface area contributed by atoms with E-state index in [4.69, 9.17) is 69.6 Å². The summed E-state index contributed by atoms with van der Waals surface area (Å²) in [7, 11) is 1.25. The van der Waals surface area contributed by atoms with E-state index in [-0.39, 0.29) is 36.8 Å². The highest BCUT2D eigenvalue weighted by Crippen LogP contribution is 2.37. The van der Waals surface area contributed by atoms with E-state index in [0.717, 1.165) is 4.90 Å². The summed E-state index contributed by atoms with van der Waals surface area (Å²) in [6, 6.07) is 3.65. The number of rotatable bonds is 3. The Morgan fingerprint density at radius 2 is 1.39 bits per heavy atom. The number of benzene rings is 2. The van der Waals surface area contributed by atoms with Gasteiger partial charge in [-0.1, -0.05) is 6.07 Å². The Hall–Kier alpha value is -2.10. The van der Waals surface area contributed by atoms with Gasteiger partial charge in [0, 0.05) is 33.0 Å². The number of carbonyl (C=O) groups is 3. The summed E-state index contributed by atoms with van der Waals surface area (Å²) in [5, 5.41) is 0. The molecule has 1 fully saturated rings. The van der Waals surface area contributed by atoms with Crippen molar-refractivity contribution in [2.45, 2.75) is 52.7 Å². The molecule has 1 saturated heterocycles. The molecule has 2 amide bonds. The Kier molecular flexibility index (Phi) is 13.4. The van der Waals surface area contributed by atoms with Crippen LogP contribution in [0.4, 0.5) is 40.3 Å². The number of aryl methyl sites for hydroxylation is 1. The van der Waals surface area contributed by atoms with Crippen LogP contribution < -0.4 is 0 Å². The zero-order valence-corrected chi connectivity index (χ0v) is 27.8. The molecule has 3 rings (SSSR count). The molecule has 0 N–H and O–H groups in total. The van der Waals surface area contributed by atoms with Crippen molar-refractivity contribution in [1.82, 2.24) is 9.80 Å². The normalized spacial score (nSPS) is 15.9. The van der Waals surface area contributed by atoms with Crippen LogP contribution in [0.15, 0.2) is 36.4 Å². The first-order valence-electron chi connectivity index (χ1n) is 12.4. The van der Waals surface area contributed by atoms with E-state index < -0.39 is 62.0 Å². The minimum Gasteiger partial charge on any atom is -0.382 e. The van der Waals surface area contributed by atoms with Crippen molar-refractivity contribution in [3.05, 3.63) is 70.0 Å². The topological polar surface area (TPSA) is 76.2 Å². The number of ether oxygens (including phenoxy) is 2. The maximum absolute atomic E-state index is 13.5. The molecule has 0 aromatic heterocycles. The molecule has 0 radical (unpaired) electrons. The molecule has 1 unspecified atom stereocenters. The third kappa shape index (κ3) is 12.8. The van der Waals surface area contributed by atoms with Crippen LogP contribution in [-0.4, -0.2) is 49.3 Å². The van der Waals surface area contributed by atoms with Crippen molar-refractivity contribution in [3.8, 4) is 0 Å². The Bertz CT molecular complexity index is 1380. The molecule has 1 aliphatic rings. The Morgan fingerprint density at radius 1 is 0.891 bits per heavy atom. The zero-order chi connectivity index (χ0) is 35.4. The van der Waals surface area contributed by atoms with E-state index in [2.05, 4.69) is 9.47 Å². The molecule has 256 valence electrons. The number of ketones is 1. The molecule has 1 heterocycles. The second-order valence-corrected chi connectivity index (χ2v) is 14.0. The summed E-state index contributed by atoms with van der Waals surface area (Å²) in [6.07, 6.45) is -11.4. The lowest BCUT2D eigenvalue weighted by Crippen LogP contribution is -2.47. The van der Waals surface area contributed by atoms with E-state index in [1.165, 1.54) is 30.1 Å². The number of piperidine rings is 1. The third-order valence-corrected chi connectivity index (χ3v) is 6.52. The summed E-state index contributed by atoms with van der Waals surface area (Å²) >= 11 is 30.2. The Morgan fingerprint density at radius 3 is 1.83 bits per heavy atom. The second kappa shape index (κ2) is 15.4. The van der Waals surface area contributed by atoms with Crippen LogP contribution in [0.25, 0.3) is 0 Å². The van der Waals surface area contributed by atoms with Crippen LogP contribution in [-0.2, 0) is 33.2 Å². The fraction of sp³-hybridized carbons (Fsp3) is 0.423. The zero-order valence-electron chi connectivity index (χ0n) is 23.2. The average Bonchev–Trinajstić information content (AvgIpc) is 2.85. The van der Waals surface area contributed by atoms with Gasteiger partial charge in [-0.15, -0.1) is 0 Å². The highest BCUT2D eigenvalue weighted by atomic mass is 35.6. The number of urea groups is 1. The summed E-state index contributed by atoms with van der Waals surface area (Å²) < 4.78 is 95.9. The average molecular weight is 787 g/mol. The van der Waals surface area contributed by atoms with Crippen molar-refractivity contribution in [2.75, 3.05) is 13.6 Å². The molecule has 0 bridgehead atoms. The van der Waals surface area contributed by atoms with Gasteiger partial charge in [-0.2, -0.15) is 26.3 Å². The van der Waals surface area contributed by atoms with Gasteiger partial charge in [-0.25, -0.2) is 14.0 Å². The Balaban J connectivity index is 0.000000521. The molecule has 2 aromatic rings. The van der Waals surface area contributed by atoms with Crippen LogP contribution in [0.5, 0.6) is 0 Å². The lowest BCUT2D eigenvalue weighted by Gasteiger charge is -2.38. The Labute approximate surface area is 287 Å². The maximum atomic E-state index is 13.5. The van der Waals surface area contributed by atoms with Crippen molar-refractivity contribution in [2.24, 2.45) is 0 Å². The lowest BCUT2D eigenvalue weighted by atomic mass is 9.91. The van der Waals surface area contributed by atoms with E-state index in [9.17, 15) is 45.1 Å². The first-order chi connectivity index (χ1) is 20.8. The number of amides is 2. The number of alkyl halides is 12. The predicted molar refractivity (Wildman–Crippen MR) is 156 cm³/mol. The standard InChI is InChI=1S/C23H21F7N2O2.C3Cl6O3/c1-13-7-17(24)3-4-19(13)20-11-18(33)5-6-32(20)21(34)31(2)12-14-8-15(22(25,26)27)10-16(9-14)23(28,29)30;4-2(5,6)11-1(10)12-3(7,8)9/h3-4,7-10,20H,5-6,11-12H2,1-2H3;. The summed E-state index contributed by atoms with van der Waals surface area (Å²) in [5.41, 5.74) is -2.24. The molecular weight excluding hydrogens is 766 g/mol. The van der Waals surface area contributed by atoms with E-state index in [1.54, 1.807) is 6.92 Å². The van der Waals surface area contributed by atoms with Crippen LogP contribution >= 0.6 is 69.6 Å². The van der Waals surface area contributed by atoms with Gasteiger partial charge in [-0.3, -0.25) is 4.79 Å². The number of halogens is 13. The smallest absolute Gasteiger partial charge is 0.382 e. The minimum absolute atomic E-state index is 0.0138. The molecular formula is C26H21Cl6F7N2O5. The fourth-order valence-electron chi connectivity index (χ4n) is 4.23. The van der Waals surface area contributed by atoms with Crippen LogP contribution in [0.2, 0.25) is 0 Å². The molecule has 0 aliphatic carbocycles. The number of nitrogens with zero attached hydrogens (tertiary/aromatic N) is 2. The van der Waals surface area contributed by atoms with Crippen molar-refractivity contribution < 1.29 is 54.6 Å². The molecule has 20 heteroatoms. The van der Waals surface area contributed by atoms with Gasteiger partial charge in [0.15, 0.2) is 0 Å². The summed E-state index contributed by atoms with van der Waals surface area (Å²) in [4.78, 5) is 38.1. The number of hydrogen-bond acceptors (Lipinski definition) is 5. The first kappa shape index (κ1) is 40.1. The minimum atomic E-state index is -5.00. The number of carbonyl (C=O) groups excluding carboxylic acids is 3. The number of Topliss-reactive ketones (excluding diaryl/α,β-unsaturated/α-hetero) is 1. The van der Waals surface area contributed by atoms with E-state index >= 15 is 0 Å². The van der Waals surface area contributed by atoms with Gasteiger partial charge in [-0.05, 0) is 124 Å². The highest BCUT2D eigenvalue weighted by molar-refractivity contribution is 6.67. The molecule has 0 saturated carbocycles. The quantitative estimate of drug-likeness (QED) is 0.176. The second-order valence-electron chi connectivity index (χ2n) is 9.60. The lowest BCUT2D eigenvalue weighted by molar-refractivity contribution is -0.143. The summed E-state index contributed by atoms with van der Waals surface area (Å²) in [5.74, 6) is -0.614. The molecule has 1 atom stereocenters. The predicted octanol–water partition coefficient (Wildman–Crippen LogP) is 9.92. The van der Waals surface area contributed by atoms with Crippen molar-refractivity contribution in [1.29, 1.82) is 0 Å². The summed E-state index contributed by atoms with van der Waals surface area (Å²) in [6.45, 7) is 1.11. The van der Waals surface area contributed by atoms with E-state index in [1.807, 2.05) is 0 Å². The maximum Gasteiger partial charge on any atom is 0.515 e. The van der Waals surface area contributed by atoms with Crippen molar-refractivity contribution in [3.63, 3.8) is 0 Å². The highest BCUT2D eigenvalue weighted by Gasteiger charge is 2.38. The first-order valence-corrected chi connectivity index (χ1v) is 14.7. The number of likely N-dealkylation sites (tertiary alicyclic amines) is 1. The third-order valence-electron chi connectivity index (χ3n) is 6.06. The van der Waals surface area contributed by atoms with Gasteiger partial charge >= 0.3 is 32.5 Å². The van der Waals surface area contributed by atoms with Crippen LogP contribution in [0.1, 0.15) is 46.7 Å². The van der Waals surface area contributed by atoms with E-state index in [0.29, 0.717) is 23.3 Å². The van der Waals surface area contributed by atoms with Crippen molar-refractivity contribution >= 4 is 87.6 Å². The monoisotopic (exact) mass is 784 g/mol. The van der Waals surface area contributed by atoms with Gasteiger partial charge in [0.2, 0.25) is 0 Å². The molecule has 1 aliphatic heterocycles. The molecule has 2 aromatic carbocycles. The van der Waals surface area contributed by atoms with Crippen LogP contribution in [0, 0.1) is 12.7 Å². The number of hydrogen-bond donors (Lipinski definition) is 0. The van der Waals surface area contributed by atoms with Gasteiger partial charge < -0.3 is 19.3 Å². The molecule has 46 heavy (non-hydrogen) atoms. The molecule has 7 nitrogen and oxygen atoms in total. The van der Waals surface area contributed by atoms with Gasteiger partial charge in [0.1, 0.15) is 11.6 Å². The fourth-order valence-corrected chi connectivity index (χ4v) is 4.61. The van der Waals surface area contributed by atoms with Gasteiger partial charge in [0.25, 0.3) is 0 Å². The van der Waals surface area contributed by atoms with Crippen LogP contribution in [0.3, 0.4) is 0 Å². The SMILES string of the molecule is Cc1cc(F)ccc1C1CC(=O)CCN1C(=O)N(C)Cc1cc(C(F)(F)F)cc(C(F)(F)F)c1.O=C(OC(Cl)(Cl)Cl)OC(Cl)(Cl)Cl.